The number of carbonyl (C=O) groups is 1. The van der Waals surface area contributed by atoms with Crippen molar-refractivity contribution in [2.24, 2.45) is 0 Å². The van der Waals surface area contributed by atoms with Crippen LogP contribution in [0.25, 0.3) is 0 Å². The molecule has 2 N–H and O–H groups in total. The molecule has 0 atom stereocenters. The molecule has 0 aliphatic rings. The lowest BCUT2D eigenvalue weighted by Crippen LogP contribution is -2.24. The standard InChI is InChI=1S/C19H24N2O2/c1-16(22)21-13-5-12-20-14-17-8-10-19(11-9-17)23-15-18-6-3-2-4-7-18/h2-4,6-11,20H,5,12-15H2,1H3,(H,21,22). The van der Waals surface area contributed by atoms with Crippen LogP contribution >= 0.6 is 0 Å². The second-order valence-corrected chi connectivity index (χ2v) is 5.43. The Kier molecular flexibility index (Phi) is 7.14. The van der Waals surface area contributed by atoms with Crippen LogP contribution in [0.3, 0.4) is 0 Å². The summed E-state index contributed by atoms with van der Waals surface area (Å²) in [7, 11) is 0. The lowest BCUT2D eigenvalue weighted by molar-refractivity contribution is -0.118. The molecule has 4 nitrogen and oxygen atoms in total. The molecule has 4 heteroatoms. The zero-order valence-electron chi connectivity index (χ0n) is 13.5. The zero-order chi connectivity index (χ0) is 16.3. The first-order valence-corrected chi connectivity index (χ1v) is 7.95. The fraction of sp³-hybridized carbons (Fsp3) is 0.316. The van der Waals surface area contributed by atoms with Crippen molar-refractivity contribution in [3.63, 3.8) is 0 Å². The van der Waals surface area contributed by atoms with E-state index in [4.69, 9.17) is 4.74 Å². The molecule has 0 aliphatic heterocycles. The molecule has 0 aromatic heterocycles. The minimum absolute atomic E-state index is 0.0242. The maximum atomic E-state index is 10.7. The third kappa shape index (κ3) is 6.98. The van der Waals surface area contributed by atoms with Gasteiger partial charge in [-0.15, -0.1) is 0 Å². The van der Waals surface area contributed by atoms with E-state index in [1.54, 1.807) is 0 Å². The van der Waals surface area contributed by atoms with E-state index in [0.717, 1.165) is 30.8 Å². The average Bonchev–Trinajstić information content (AvgIpc) is 2.58. The second kappa shape index (κ2) is 9.64. The Morgan fingerprint density at radius 3 is 2.39 bits per heavy atom. The van der Waals surface area contributed by atoms with Crippen molar-refractivity contribution in [1.29, 1.82) is 0 Å². The highest BCUT2D eigenvalue weighted by Crippen LogP contribution is 2.14. The van der Waals surface area contributed by atoms with Crippen LogP contribution in [0.1, 0.15) is 24.5 Å². The van der Waals surface area contributed by atoms with E-state index in [0.29, 0.717) is 13.2 Å². The van der Waals surface area contributed by atoms with E-state index in [2.05, 4.69) is 34.9 Å². The molecule has 0 saturated carbocycles. The summed E-state index contributed by atoms with van der Waals surface area (Å²) in [6.45, 7) is 4.54. The average molecular weight is 312 g/mol. The van der Waals surface area contributed by atoms with Crippen molar-refractivity contribution < 1.29 is 9.53 Å². The molecule has 2 aromatic rings. The van der Waals surface area contributed by atoms with Crippen LogP contribution in [-0.2, 0) is 17.9 Å². The van der Waals surface area contributed by atoms with Gasteiger partial charge >= 0.3 is 0 Å². The molecule has 2 rings (SSSR count). The summed E-state index contributed by atoms with van der Waals surface area (Å²) >= 11 is 0. The molecular formula is C19H24N2O2. The van der Waals surface area contributed by atoms with Gasteiger partial charge in [-0.05, 0) is 36.2 Å². The Labute approximate surface area is 137 Å². The quantitative estimate of drug-likeness (QED) is 0.700. The maximum Gasteiger partial charge on any atom is 0.216 e. The summed E-state index contributed by atoms with van der Waals surface area (Å²) in [6, 6.07) is 18.3. The largest absolute Gasteiger partial charge is 0.489 e. The van der Waals surface area contributed by atoms with Gasteiger partial charge in [-0.25, -0.2) is 0 Å². The molecule has 0 aliphatic carbocycles. The van der Waals surface area contributed by atoms with Gasteiger partial charge in [0.1, 0.15) is 12.4 Å². The van der Waals surface area contributed by atoms with Crippen molar-refractivity contribution in [2.75, 3.05) is 13.1 Å². The Hall–Kier alpha value is -2.33. The molecule has 0 saturated heterocycles. The van der Waals surface area contributed by atoms with E-state index >= 15 is 0 Å². The van der Waals surface area contributed by atoms with Crippen molar-refractivity contribution in [3.8, 4) is 5.75 Å². The summed E-state index contributed by atoms with van der Waals surface area (Å²) in [6.07, 6.45) is 0.928. The molecular weight excluding hydrogens is 288 g/mol. The molecule has 0 bridgehead atoms. The van der Waals surface area contributed by atoms with Gasteiger partial charge in [0, 0.05) is 20.0 Å². The molecule has 0 spiro atoms. The van der Waals surface area contributed by atoms with Crippen LogP contribution in [0, 0.1) is 0 Å². The van der Waals surface area contributed by atoms with Crippen LogP contribution in [0.15, 0.2) is 54.6 Å². The van der Waals surface area contributed by atoms with E-state index in [9.17, 15) is 4.79 Å². The minimum atomic E-state index is 0.0242. The van der Waals surface area contributed by atoms with Gasteiger partial charge in [0.05, 0.1) is 0 Å². The SMILES string of the molecule is CC(=O)NCCCNCc1ccc(OCc2ccccc2)cc1. The molecule has 0 unspecified atom stereocenters. The summed E-state index contributed by atoms with van der Waals surface area (Å²) in [5.74, 6) is 0.902. The van der Waals surface area contributed by atoms with Gasteiger partial charge in [0.15, 0.2) is 0 Å². The molecule has 2 aromatic carbocycles. The lowest BCUT2D eigenvalue weighted by Gasteiger charge is -2.08. The number of rotatable bonds is 9. The highest BCUT2D eigenvalue weighted by atomic mass is 16.5. The lowest BCUT2D eigenvalue weighted by atomic mass is 10.2. The highest BCUT2D eigenvalue weighted by molar-refractivity contribution is 5.72. The number of ether oxygens (including phenoxy) is 1. The third-order valence-electron chi connectivity index (χ3n) is 3.41. The van der Waals surface area contributed by atoms with Crippen LogP contribution in [0.4, 0.5) is 0 Å². The van der Waals surface area contributed by atoms with Gasteiger partial charge in [0.25, 0.3) is 0 Å². The first-order chi connectivity index (χ1) is 11.2. The normalized spacial score (nSPS) is 10.3. The molecule has 23 heavy (non-hydrogen) atoms. The van der Waals surface area contributed by atoms with E-state index < -0.39 is 0 Å². The molecule has 122 valence electrons. The third-order valence-corrected chi connectivity index (χ3v) is 3.41. The van der Waals surface area contributed by atoms with Crippen LogP contribution in [0.5, 0.6) is 5.75 Å². The molecule has 0 radical (unpaired) electrons. The number of benzene rings is 2. The first-order valence-electron chi connectivity index (χ1n) is 7.95. The number of nitrogens with one attached hydrogen (secondary N) is 2. The van der Waals surface area contributed by atoms with Crippen LogP contribution in [0.2, 0.25) is 0 Å². The predicted octanol–water partition coefficient (Wildman–Crippen LogP) is 2.88. The maximum absolute atomic E-state index is 10.7. The molecule has 0 heterocycles. The van der Waals surface area contributed by atoms with Crippen LogP contribution < -0.4 is 15.4 Å². The number of hydrogen-bond donors (Lipinski definition) is 2. The van der Waals surface area contributed by atoms with E-state index in [1.165, 1.54) is 12.5 Å². The first kappa shape index (κ1) is 17.0. The fourth-order valence-corrected chi connectivity index (χ4v) is 2.15. The predicted molar refractivity (Wildman–Crippen MR) is 92.2 cm³/mol. The highest BCUT2D eigenvalue weighted by Gasteiger charge is 1.97. The molecule has 1 amide bonds. The van der Waals surface area contributed by atoms with Gasteiger partial charge < -0.3 is 15.4 Å². The Morgan fingerprint density at radius 1 is 0.957 bits per heavy atom. The molecule has 0 fully saturated rings. The Bertz CT molecular complexity index is 582. The zero-order valence-corrected chi connectivity index (χ0v) is 13.5. The van der Waals surface area contributed by atoms with E-state index in [1.807, 2.05) is 30.3 Å². The Morgan fingerprint density at radius 2 is 1.70 bits per heavy atom. The topological polar surface area (TPSA) is 50.4 Å². The smallest absolute Gasteiger partial charge is 0.216 e. The number of amides is 1. The second-order valence-electron chi connectivity index (χ2n) is 5.43. The van der Waals surface area contributed by atoms with Crippen LogP contribution in [-0.4, -0.2) is 19.0 Å². The number of carbonyl (C=O) groups excluding carboxylic acids is 1. The van der Waals surface area contributed by atoms with Crippen molar-refractivity contribution in [2.45, 2.75) is 26.5 Å². The summed E-state index contributed by atoms with van der Waals surface area (Å²) in [4.78, 5) is 10.7. The van der Waals surface area contributed by atoms with Crippen molar-refractivity contribution in [1.82, 2.24) is 10.6 Å². The monoisotopic (exact) mass is 312 g/mol. The summed E-state index contributed by atoms with van der Waals surface area (Å²) in [5, 5.41) is 6.14. The summed E-state index contributed by atoms with van der Waals surface area (Å²) < 4.78 is 5.77. The van der Waals surface area contributed by atoms with Gasteiger partial charge in [-0.3, -0.25) is 4.79 Å². The van der Waals surface area contributed by atoms with Gasteiger partial charge in [-0.1, -0.05) is 42.5 Å². The van der Waals surface area contributed by atoms with Crippen molar-refractivity contribution >= 4 is 5.91 Å². The van der Waals surface area contributed by atoms with Gasteiger partial charge in [0.2, 0.25) is 5.91 Å². The Balaban J connectivity index is 1.65. The fourth-order valence-electron chi connectivity index (χ4n) is 2.15. The summed E-state index contributed by atoms with van der Waals surface area (Å²) in [5.41, 5.74) is 2.38. The number of hydrogen-bond acceptors (Lipinski definition) is 3. The van der Waals surface area contributed by atoms with Gasteiger partial charge in [-0.2, -0.15) is 0 Å². The van der Waals surface area contributed by atoms with Crippen molar-refractivity contribution in [3.05, 3.63) is 65.7 Å². The minimum Gasteiger partial charge on any atom is -0.489 e. The van der Waals surface area contributed by atoms with E-state index in [-0.39, 0.29) is 5.91 Å².